The van der Waals surface area contributed by atoms with E-state index >= 15 is 0 Å². The number of hydrogen-bond donors (Lipinski definition) is 2. The number of amides is 1. The van der Waals surface area contributed by atoms with Crippen LogP contribution in [-0.2, 0) is 4.79 Å². The molecule has 152 valence electrons. The van der Waals surface area contributed by atoms with Crippen LogP contribution < -0.4 is 10.1 Å². The van der Waals surface area contributed by atoms with Crippen molar-refractivity contribution < 1.29 is 28.2 Å². The van der Waals surface area contributed by atoms with Crippen LogP contribution in [0.3, 0.4) is 0 Å². The first-order valence-corrected chi connectivity index (χ1v) is 8.96. The fraction of sp³-hybridized carbons (Fsp3) is 0. The Labute approximate surface area is 175 Å². The maximum atomic E-state index is 13.8. The third kappa shape index (κ3) is 5.01. The first kappa shape index (κ1) is 21.0. The molecule has 0 aliphatic heterocycles. The van der Waals surface area contributed by atoms with E-state index < -0.39 is 34.3 Å². The summed E-state index contributed by atoms with van der Waals surface area (Å²) in [6.07, 6.45) is 1.25. The number of ether oxygens (including phenoxy) is 1. The molecule has 0 aromatic heterocycles. The van der Waals surface area contributed by atoms with Gasteiger partial charge < -0.3 is 15.2 Å². The molecule has 0 heterocycles. The van der Waals surface area contributed by atoms with Crippen molar-refractivity contribution in [3.63, 3.8) is 0 Å². The van der Waals surface area contributed by atoms with Gasteiger partial charge in [0.25, 0.3) is 5.91 Å². The normalized spacial score (nSPS) is 11.1. The predicted octanol–water partition coefficient (Wildman–Crippen LogP) is 5.27. The van der Waals surface area contributed by atoms with Crippen molar-refractivity contribution in [3.05, 3.63) is 100 Å². The molecule has 0 saturated carbocycles. The van der Waals surface area contributed by atoms with E-state index in [2.05, 4.69) is 5.32 Å². The van der Waals surface area contributed by atoms with Crippen molar-refractivity contribution in [2.75, 3.05) is 0 Å². The van der Waals surface area contributed by atoms with Gasteiger partial charge in [0.2, 0.25) is 0 Å². The number of benzene rings is 3. The molecular formula is C22H14ClF2NO4. The number of carboxylic acids is 1. The van der Waals surface area contributed by atoms with Crippen molar-refractivity contribution in [2.45, 2.75) is 0 Å². The van der Waals surface area contributed by atoms with Gasteiger partial charge in [-0.1, -0.05) is 41.9 Å². The highest BCUT2D eigenvalue weighted by molar-refractivity contribution is 6.32. The molecule has 0 bridgehead atoms. The van der Waals surface area contributed by atoms with Crippen LogP contribution in [0.25, 0.3) is 6.08 Å². The summed E-state index contributed by atoms with van der Waals surface area (Å²) in [6.45, 7) is 0. The van der Waals surface area contributed by atoms with Crippen molar-refractivity contribution in [3.8, 4) is 11.5 Å². The summed E-state index contributed by atoms with van der Waals surface area (Å²) in [5.41, 5.74) is 0.401. The molecule has 5 nitrogen and oxygen atoms in total. The largest absolute Gasteiger partial charge is 0.477 e. The van der Waals surface area contributed by atoms with E-state index in [9.17, 15) is 23.5 Å². The van der Waals surface area contributed by atoms with Crippen LogP contribution in [0.5, 0.6) is 11.5 Å². The maximum Gasteiger partial charge on any atom is 0.352 e. The lowest BCUT2D eigenvalue weighted by atomic mass is 10.1. The quantitative estimate of drug-likeness (QED) is 0.413. The first-order chi connectivity index (χ1) is 14.3. The van der Waals surface area contributed by atoms with Gasteiger partial charge in [0.1, 0.15) is 22.3 Å². The fourth-order valence-electron chi connectivity index (χ4n) is 2.45. The molecule has 0 aliphatic carbocycles. The van der Waals surface area contributed by atoms with Gasteiger partial charge >= 0.3 is 5.97 Å². The third-order valence-electron chi connectivity index (χ3n) is 3.93. The van der Waals surface area contributed by atoms with Gasteiger partial charge in [-0.15, -0.1) is 0 Å². The second kappa shape index (κ2) is 9.19. The lowest BCUT2D eigenvalue weighted by Gasteiger charge is -2.10. The van der Waals surface area contributed by atoms with Crippen molar-refractivity contribution in [1.29, 1.82) is 0 Å². The number of halogens is 3. The average molecular weight is 430 g/mol. The Balaban J connectivity index is 1.79. The number of carbonyl (C=O) groups excluding carboxylic acids is 1. The molecule has 3 aromatic carbocycles. The highest BCUT2D eigenvalue weighted by Gasteiger charge is 2.15. The zero-order valence-electron chi connectivity index (χ0n) is 15.2. The number of nitrogens with one attached hydrogen (secondary N) is 1. The Hall–Kier alpha value is -3.71. The second-order valence-corrected chi connectivity index (χ2v) is 6.40. The Morgan fingerprint density at radius 1 is 0.933 bits per heavy atom. The average Bonchev–Trinajstić information content (AvgIpc) is 2.75. The molecule has 8 heteroatoms. The summed E-state index contributed by atoms with van der Waals surface area (Å²) >= 11 is 5.73. The molecule has 3 aromatic rings. The monoisotopic (exact) mass is 429 g/mol. The highest BCUT2D eigenvalue weighted by Crippen LogP contribution is 2.34. The molecule has 0 fully saturated rings. The van der Waals surface area contributed by atoms with Crippen molar-refractivity contribution in [2.24, 2.45) is 0 Å². The molecule has 0 unspecified atom stereocenters. The molecule has 3 rings (SSSR count). The molecule has 0 saturated heterocycles. The maximum absolute atomic E-state index is 13.8. The van der Waals surface area contributed by atoms with Crippen molar-refractivity contribution >= 4 is 29.6 Å². The van der Waals surface area contributed by atoms with Crippen LogP contribution >= 0.6 is 11.6 Å². The minimum Gasteiger partial charge on any atom is -0.477 e. The van der Waals surface area contributed by atoms with Gasteiger partial charge in [0, 0.05) is 5.56 Å². The highest BCUT2D eigenvalue weighted by atomic mass is 35.5. The van der Waals surface area contributed by atoms with Crippen LogP contribution in [-0.4, -0.2) is 17.0 Å². The van der Waals surface area contributed by atoms with Gasteiger partial charge in [-0.3, -0.25) is 4.79 Å². The summed E-state index contributed by atoms with van der Waals surface area (Å²) in [4.78, 5) is 23.7. The van der Waals surface area contributed by atoms with Crippen LogP contribution in [0.15, 0.2) is 72.4 Å². The summed E-state index contributed by atoms with van der Waals surface area (Å²) in [6, 6.07) is 15.7. The van der Waals surface area contributed by atoms with E-state index in [1.54, 1.807) is 30.3 Å². The second-order valence-electron chi connectivity index (χ2n) is 6.03. The SMILES string of the molecule is O=C(O)C(=Cc1ccc(Oc2c(F)ccc(F)c2Cl)cc1)NC(=O)c1ccccc1. The summed E-state index contributed by atoms with van der Waals surface area (Å²) in [5.74, 6) is -3.85. The Morgan fingerprint density at radius 2 is 1.57 bits per heavy atom. The molecule has 30 heavy (non-hydrogen) atoms. The van der Waals surface area contributed by atoms with E-state index in [4.69, 9.17) is 16.3 Å². The van der Waals surface area contributed by atoms with E-state index in [0.717, 1.165) is 12.1 Å². The van der Waals surface area contributed by atoms with Gasteiger partial charge in [-0.05, 0) is 48.0 Å². The van der Waals surface area contributed by atoms with Crippen LogP contribution in [0.4, 0.5) is 8.78 Å². The topological polar surface area (TPSA) is 75.6 Å². The Kier molecular flexibility index (Phi) is 6.44. The minimum absolute atomic E-state index is 0.156. The zero-order valence-corrected chi connectivity index (χ0v) is 16.0. The summed E-state index contributed by atoms with van der Waals surface area (Å²) < 4.78 is 32.6. The van der Waals surface area contributed by atoms with Crippen LogP contribution in [0.1, 0.15) is 15.9 Å². The van der Waals surface area contributed by atoms with Crippen LogP contribution in [0, 0.1) is 11.6 Å². The molecule has 1 amide bonds. The fourth-order valence-corrected chi connectivity index (χ4v) is 2.65. The standard InChI is InChI=1S/C22H14ClF2NO4/c23-19-16(24)10-11-17(25)20(19)30-15-8-6-13(7-9-15)12-18(22(28)29)26-21(27)14-4-2-1-3-5-14/h1-12H,(H,26,27)(H,28,29). The van der Waals surface area contributed by atoms with Crippen molar-refractivity contribution in [1.82, 2.24) is 5.32 Å². The Bertz CT molecular complexity index is 1120. The smallest absolute Gasteiger partial charge is 0.352 e. The number of hydrogen-bond acceptors (Lipinski definition) is 3. The summed E-state index contributed by atoms with van der Waals surface area (Å²) in [7, 11) is 0. The molecule has 0 spiro atoms. The molecule has 0 aliphatic rings. The van der Waals surface area contributed by atoms with Gasteiger partial charge in [0.15, 0.2) is 11.6 Å². The van der Waals surface area contributed by atoms with E-state index in [-0.39, 0.29) is 11.4 Å². The minimum atomic E-state index is -1.33. The molecule has 0 atom stereocenters. The first-order valence-electron chi connectivity index (χ1n) is 8.58. The van der Waals surface area contributed by atoms with E-state index in [0.29, 0.717) is 11.1 Å². The molecular weight excluding hydrogens is 416 g/mol. The Morgan fingerprint density at radius 3 is 2.20 bits per heavy atom. The number of carboxylic acid groups (broad SMARTS) is 1. The lowest BCUT2D eigenvalue weighted by molar-refractivity contribution is -0.132. The van der Waals surface area contributed by atoms with Gasteiger partial charge in [-0.25, -0.2) is 13.6 Å². The van der Waals surface area contributed by atoms with E-state index in [1.807, 2.05) is 0 Å². The summed E-state index contributed by atoms with van der Waals surface area (Å²) in [5, 5.41) is 11.2. The third-order valence-corrected chi connectivity index (χ3v) is 4.28. The molecule has 0 radical (unpaired) electrons. The van der Waals surface area contributed by atoms with Gasteiger partial charge in [0.05, 0.1) is 0 Å². The van der Waals surface area contributed by atoms with Crippen LogP contribution in [0.2, 0.25) is 5.02 Å². The predicted molar refractivity (Wildman–Crippen MR) is 107 cm³/mol. The van der Waals surface area contributed by atoms with E-state index in [1.165, 1.54) is 30.3 Å². The lowest BCUT2D eigenvalue weighted by Crippen LogP contribution is -2.27. The zero-order chi connectivity index (χ0) is 21.7. The van der Waals surface area contributed by atoms with Gasteiger partial charge in [-0.2, -0.15) is 0 Å². The molecule has 2 N–H and O–H groups in total. The number of aliphatic carboxylic acids is 1. The number of carbonyl (C=O) groups is 2. The number of rotatable bonds is 6.